The number of hydrogen-bond acceptors (Lipinski definition) is 8. The van der Waals surface area contributed by atoms with Crippen molar-refractivity contribution in [3.8, 4) is 5.75 Å². The van der Waals surface area contributed by atoms with Gasteiger partial charge in [0.1, 0.15) is 11.4 Å². The third-order valence-electron chi connectivity index (χ3n) is 6.19. The van der Waals surface area contributed by atoms with Crippen molar-refractivity contribution in [3.63, 3.8) is 0 Å². The number of phenols is 1. The van der Waals surface area contributed by atoms with E-state index in [4.69, 9.17) is 0 Å². The van der Waals surface area contributed by atoms with E-state index in [9.17, 15) is 54.4 Å². The Morgan fingerprint density at radius 1 is 0.848 bits per heavy atom. The second-order valence-corrected chi connectivity index (χ2v) is 12.2. The number of halogens is 8. The molecule has 0 spiro atoms. The van der Waals surface area contributed by atoms with E-state index in [0.29, 0.717) is 15.7 Å². The van der Waals surface area contributed by atoms with Crippen LogP contribution >= 0.6 is 15.9 Å². The van der Waals surface area contributed by atoms with E-state index in [-0.39, 0.29) is 29.3 Å². The molecule has 0 aliphatic carbocycles. The third-order valence-corrected chi connectivity index (χ3v) is 8.47. The fraction of sp³-hybridized carbons (Fsp3) is 0.107. The van der Waals surface area contributed by atoms with E-state index in [1.807, 2.05) is 0 Å². The van der Waals surface area contributed by atoms with Gasteiger partial charge in [-0.3, -0.25) is 15.1 Å². The topological polar surface area (TPSA) is 134 Å². The van der Waals surface area contributed by atoms with E-state index in [0.717, 1.165) is 0 Å². The Balaban J connectivity index is 1.81. The Morgan fingerprint density at radius 3 is 2.04 bits per heavy atom. The van der Waals surface area contributed by atoms with Gasteiger partial charge in [-0.1, -0.05) is 34.1 Å². The molecule has 0 aromatic heterocycles. The molecule has 3 N–H and O–H groups in total. The second kappa shape index (κ2) is 12.6. The van der Waals surface area contributed by atoms with Crippen molar-refractivity contribution >= 4 is 66.1 Å². The summed E-state index contributed by atoms with van der Waals surface area (Å²) in [5.74, 6) is -7.12. The molecule has 4 aromatic rings. The summed E-state index contributed by atoms with van der Waals surface area (Å²) < 4.78 is 121. The van der Waals surface area contributed by atoms with Gasteiger partial charge in [0.15, 0.2) is 0 Å². The highest BCUT2D eigenvalue weighted by molar-refractivity contribution is 9.10. The number of rotatable bonds is 10. The Morgan fingerprint density at radius 2 is 1.46 bits per heavy atom. The standard InChI is InChI=1S/C28H18BrF7N4O5S/c29-17-6-11-24(41)16(12-17)15-37-18-7-9-20(10-8-18)38-22-13-21(46(44,45)28(35,36)26(30,31)27(32,33)34)14-23(40(42)43)25(22)39-19-4-2-1-3-5-19/h1-15,38-39,41H. The van der Waals surface area contributed by atoms with Gasteiger partial charge in [0, 0.05) is 33.7 Å². The first-order valence-electron chi connectivity index (χ1n) is 12.5. The zero-order valence-electron chi connectivity index (χ0n) is 22.6. The largest absolute Gasteiger partial charge is 0.507 e. The zero-order valence-corrected chi connectivity index (χ0v) is 25.0. The van der Waals surface area contributed by atoms with Gasteiger partial charge in [-0.15, -0.1) is 0 Å². The van der Waals surface area contributed by atoms with Gasteiger partial charge in [0.2, 0.25) is 0 Å². The molecule has 9 nitrogen and oxygen atoms in total. The number of hydrogen-bond donors (Lipinski definition) is 3. The number of benzene rings is 4. The van der Waals surface area contributed by atoms with E-state index >= 15 is 0 Å². The number of nitrogens with zero attached hydrogens (tertiary/aromatic N) is 2. The van der Waals surface area contributed by atoms with Crippen molar-refractivity contribution in [3.05, 3.63) is 105 Å². The van der Waals surface area contributed by atoms with Crippen LogP contribution in [0.1, 0.15) is 5.56 Å². The molecule has 0 aliphatic rings. The van der Waals surface area contributed by atoms with E-state index in [1.54, 1.807) is 18.2 Å². The van der Waals surface area contributed by atoms with Crippen LogP contribution in [0, 0.1) is 10.1 Å². The van der Waals surface area contributed by atoms with Gasteiger partial charge in [-0.05, 0) is 60.7 Å². The van der Waals surface area contributed by atoms with Gasteiger partial charge >= 0.3 is 17.4 Å². The highest BCUT2D eigenvalue weighted by Crippen LogP contribution is 2.52. The summed E-state index contributed by atoms with van der Waals surface area (Å²) in [5.41, 5.74) is -1.54. The smallest absolute Gasteiger partial charge is 0.461 e. The predicted octanol–water partition coefficient (Wildman–Crippen LogP) is 8.86. The molecule has 4 rings (SSSR count). The van der Waals surface area contributed by atoms with Crippen LogP contribution in [0.4, 0.5) is 64.9 Å². The van der Waals surface area contributed by atoms with Crippen molar-refractivity contribution in [1.29, 1.82) is 0 Å². The lowest BCUT2D eigenvalue weighted by molar-refractivity contribution is -0.384. The van der Waals surface area contributed by atoms with Crippen molar-refractivity contribution in [2.75, 3.05) is 10.6 Å². The average molecular weight is 735 g/mol. The quantitative estimate of drug-likeness (QED) is 0.0641. The van der Waals surface area contributed by atoms with Crippen LogP contribution in [-0.2, 0) is 9.84 Å². The first-order chi connectivity index (χ1) is 21.3. The molecule has 0 bridgehead atoms. The molecule has 0 saturated carbocycles. The highest BCUT2D eigenvalue weighted by Gasteiger charge is 2.78. The summed E-state index contributed by atoms with van der Waals surface area (Å²) in [6, 6.07) is 17.7. The lowest BCUT2D eigenvalue weighted by Gasteiger charge is -2.28. The van der Waals surface area contributed by atoms with Crippen molar-refractivity contribution in [2.24, 2.45) is 4.99 Å². The number of aromatic hydroxyl groups is 1. The molecule has 46 heavy (non-hydrogen) atoms. The summed E-state index contributed by atoms with van der Waals surface area (Å²) in [5, 5.41) is 20.3. The average Bonchev–Trinajstić information content (AvgIpc) is 2.98. The molecule has 0 fully saturated rings. The summed E-state index contributed by atoms with van der Waals surface area (Å²) in [4.78, 5) is 13.0. The van der Waals surface area contributed by atoms with Crippen LogP contribution in [0.25, 0.3) is 0 Å². The number of nitro groups is 1. The molecule has 18 heteroatoms. The van der Waals surface area contributed by atoms with Crippen molar-refractivity contribution < 1.29 is 49.2 Å². The first-order valence-corrected chi connectivity index (χ1v) is 14.7. The summed E-state index contributed by atoms with van der Waals surface area (Å²) in [6.45, 7) is 0. The Bertz CT molecular complexity index is 1910. The zero-order chi connectivity index (χ0) is 34.1. The minimum absolute atomic E-state index is 0.0385. The molecular weight excluding hydrogens is 717 g/mol. The molecule has 242 valence electrons. The number of sulfone groups is 1. The summed E-state index contributed by atoms with van der Waals surface area (Å²) in [7, 11) is -6.91. The monoisotopic (exact) mass is 734 g/mol. The molecule has 0 heterocycles. The SMILES string of the molecule is O=[N+]([O-])c1cc(S(=O)(=O)C(F)(F)C(F)(F)C(F)(F)F)cc(Nc2ccc(N=Cc3cc(Br)ccc3O)cc2)c1Nc1ccccc1. The molecule has 0 saturated heterocycles. The van der Waals surface area contributed by atoms with Gasteiger partial charge < -0.3 is 15.7 Å². The van der Waals surface area contributed by atoms with E-state index in [2.05, 4.69) is 31.6 Å². The van der Waals surface area contributed by atoms with Crippen molar-refractivity contribution in [1.82, 2.24) is 0 Å². The fourth-order valence-corrected chi connectivity index (χ4v) is 5.50. The lowest BCUT2D eigenvalue weighted by atomic mass is 10.2. The molecule has 0 atom stereocenters. The highest BCUT2D eigenvalue weighted by atomic mass is 79.9. The normalized spacial score (nSPS) is 12.7. The maximum Gasteiger partial charge on any atom is 0.461 e. The van der Waals surface area contributed by atoms with E-state index in [1.165, 1.54) is 60.8 Å². The second-order valence-electron chi connectivity index (χ2n) is 9.34. The first kappa shape index (κ1) is 34.2. The fourth-order valence-electron chi connectivity index (χ4n) is 3.84. The number of phenolic OH excluding ortho intramolecular Hbond substituents is 1. The maximum absolute atomic E-state index is 14.5. The van der Waals surface area contributed by atoms with Crippen LogP contribution in [-0.4, -0.2) is 42.0 Å². The van der Waals surface area contributed by atoms with E-state index < -0.39 is 54.1 Å². The number of anilines is 4. The Hall–Kier alpha value is -4.71. The molecule has 0 aliphatic heterocycles. The van der Waals surface area contributed by atoms with Crippen molar-refractivity contribution in [2.45, 2.75) is 22.2 Å². The van der Waals surface area contributed by atoms with Gasteiger partial charge in [-0.2, -0.15) is 30.7 Å². The molecule has 0 amide bonds. The van der Waals surface area contributed by atoms with Gasteiger partial charge in [0.25, 0.3) is 15.5 Å². The number of aliphatic imine (C=N–C) groups is 1. The predicted molar refractivity (Wildman–Crippen MR) is 159 cm³/mol. The lowest BCUT2D eigenvalue weighted by Crippen LogP contribution is -2.55. The van der Waals surface area contributed by atoms with Gasteiger partial charge in [0.05, 0.1) is 21.2 Å². The van der Waals surface area contributed by atoms with Crippen LogP contribution in [0.15, 0.2) is 99.3 Å². The third kappa shape index (κ3) is 6.76. The Labute approximate surface area is 263 Å². The van der Waals surface area contributed by atoms with Crippen LogP contribution in [0.5, 0.6) is 5.75 Å². The molecule has 0 unspecified atom stereocenters. The summed E-state index contributed by atoms with van der Waals surface area (Å²) in [6.07, 6.45) is -5.65. The Kier molecular flexibility index (Phi) is 9.35. The van der Waals surface area contributed by atoms with Crippen LogP contribution < -0.4 is 10.6 Å². The number of para-hydroxylation sites is 1. The minimum atomic E-state index is -7.05. The molecular formula is C28H18BrF7N4O5S. The summed E-state index contributed by atoms with van der Waals surface area (Å²) >= 11 is 3.26. The minimum Gasteiger partial charge on any atom is -0.507 e. The van der Waals surface area contributed by atoms with Gasteiger partial charge in [-0.25, -0.2) is 8.42 Å². The van der Waals surface area contributed by atoms with Crippen LogP contribution in [0.3, 0.4) is 0 Å². The van der Waals surface area contributed by atoms with Crippen LogP contribution in [0.2, 0.25) is 0 Å². The maximum atomic E-state index is 14.5. The number of nitrogens with one attached hydrogen (secondary N) is 2. The number of alkyl halides is 7. The number of nitro benzene ring substituents is 1. The molecule has 4 aromatic carbocycles. The molecule has 0 radical (unpaired) electrons.